The largest absolute Gasteiger partial charge is 0.443 e. The number of rotatable bonds is 7. The summed E-state index contributed by atoms with van der Waals surface area (Å²) in [4.78, 5) is 8.87. The van der Waals surface area contributed by atoms with Crippen molar-refractivity contribution in [2.24, 2.45) is 10.9 Å². The van der Waals surface area contributed by atoms with Gasteiger partial charge in [0.25, 0.3) is 0 Å². The molecule has 0 aliphatic carbocycles. The zero-order valence-electron chi connectivity index (χ0n) is 15.0. The zero-order chi connectivity index (χ0) is 16.6. The predicted octanol–water partition coefficient (Wildman–Crippen LogP) is 3.46. The fourth-order valence-electron chi connectivity index (χ4n) is 2.04. The van der Waals surface area contributed by atoms with Gasteiger partial charge >= 0.3 is 0 Å². The van der Waals surface area contributed by atoms with E-state index in [1.807, 2.05) is 0 Å². The maximum atomic E-state index is 5.77. The lowest BCUT2D eigenvalue weighted by Gasteiger charge is -2.16. The first kappa shape index (κ1) is 18.5. The molecule has 1 aromatic rings. The molecule has 0 spiro atoms. The fraction of sp³-hybridized carbons (Fsp3) is 0.765. The van der Waals surface area contributed by atoms with E-state index in [0.717, 1.165) is 24.8 Å². The third-order valence-electron chi connectivity index (χ3n) is 3.72. The molecule has 126 valence electrons. The minimum Gasteiger partial charge on any atom is -0.443 e. The third-order valence-corrected chi connectivity index (χ3v) is 3.72. The molecule has 5 nitrogen and oxygen atoms in total. The van der Waals surface area contributed by atoms with E-state index >= 15 is 0 Å². The standard InChI is InChI=1S/C17H32N4O/c1-7-13(8-2)10-20-16(18-9-3)21-12-15-19-11-14(22-15)17(4,5)6/h11,13H,7-10,12H2,1-6H3,(H2,18,20,21). The zero-order valence-corrected chi connectivity index (χ0v) is 15.0. The number of hydrogen-bond donors (Lipinski definition) is 2. The van der Waals surface area contributed by atoms with Crippen LogP contribution < -0.4 is 10.6 Å². The molecular formula is C17H32N4O. The molecule has 0 saturated carbocycles. The Hall–Kier alpha value is -1.52. The van der Waals surface area contributed by atoms with Crippen molar-refractivity contribution in [3.8, 4) is 0 Å². The van der Waals surface area contributed by atoms with Crippen LogP contribution in [0, 0.1) is 5.92 Å². The summed E-state index contributed by atoms with van der Waals surface area (Å²) in [6.45, 7) is 15.1. The summed E-state index contributed by atoms with van der Waals surface area (Å²) in [6, 6.07) is 0. The first-order chi connectivity index (χ1) is 10.4. The minimum atomic E-state index is -0.0206. The number of hydrogen-bond acceptors (Lipinski definition) is 3. The van der Waals surface area contributed by atoms with E-state index in [2.05, 4.69) is 62.2 Å². The Bertz CT molecular complexity index is 455. The molecule has 1 heterocycles. The van der Waals surface area contributed by atoms with Crippen molar-refractivity contribution in [2.45, 2.75) is 66.3 Å². The van der Waals surface area contributed by atoms with E-state index in [9.17, 15) is 0 Å². The first-order valence-corrected chi connectivity index (χ1v) is 8.38. The van der Waals surface area contributed by atoms with Gasteiger partial charge in [-0.3, -0.25) is 0 Å². The van der Waals surface area contributed by atoms with Crippen molar-refractivity contribution in [3.05, 3.63) is 17.8 Å². The van der Waals surface area contributed by atoms with E-state index in [1.165, 1.54) is 12.8 Å². The van der Waals surface area contributed by atoms with Gasteiger partial charge in [-0.1, -0.05) is 47.5 Å². The molecule has 0 saturated heterocycles. The Morgan fingerprint density at radius 2 is 1.91 bits per heavy atom. The van der Waals surface area contributed by atoms with Gasteiger partial charge in [0, 0.05) is 18.5 Å². The van der Waals surface area contributed by atoms with Crippen molar-refractivity contribution in [1.29, 1.82) is 0 Å². The van der Waals surface area contributed by atoms with Crippen LogP contribution in [0.4, 0.5) is 0 Å². The summed E-state index contributed by atoms with van der Waals surface area (Å²) in [6.07, 6.45) is 4.16. The Balaban J connectivity index is 2.63. The highest BCUT2D eigenvalue weighted by Crippen LogP contribution is 2.22. The summed E-state index contributed by atoms with van der Waals surface area (Å²) < 4.78 is 5.77. The van der Waals surface area contributed by atoms with Gasteiger partial charge in [0.15, 0.2) is 5.96 Å². The maximum absolute atomic E-state index is 5.77. The van der Waals surface area contributed by atoms with Gasteiger partial charge in [-0.25, -0.2) is 9.98 Å². The Labute approximate surface area is 135 Å². The summed E-state index contributed by atoms with van der Waals surface area (Å²) in [5, 5.41) is 6.66. The van der Waals surface area contributed by atoms with Crippen LogP contribution in [0.15, 0.2) is 15.6 Å². The molecule has 22 heavy (non-hydrogen) atoms. The van der Waals surface area contributed by atoms with Crippen molar-refractivity contribution in [2.75, 3.05) is 13.1 Å². The Morgan fingerprint density at radius 1 is 1.23 bits per heavy atom. The van der Waals surface area contributed by atoms with Crippen molar-refractivity contribution in [1.82, 2.24) is 15.6 Å². The second-order valence-corrected chi connectivity index (χ2v) is 6.63. The molecule has 2 N–H and O–H groups in total. The average molecular weight is 308 g/mol. The molecule has 0 aromatic carbocycles. The highest BCUT2D eigenvalue weighted by Gasteiger charge is 2.19. The number of nitrogens with one attached hydrogen (secondary N) is 2. The Morgan fingerprint density at radius 3 is 2.41 bits per heavy atom. The predicted molar refractivity (Wildman–Crippen MR) is 92.1 cm³/mol. The van der Waals surface area contributed by atoms with E-state index < -0.39 is 0 Å². The number of nitrogens with zero attached hydrogens (tertiary/aromatic N) is 2. The van der Waals surface area contributed by atoms with Gasteiger partial charge in [0.05, 0.1) is 6.20 Å². The molecule has 0 fully saturated rings. The van der Waals surface area contributed by atoms with E-state index in [1.54, 1.807) is 6.20 Å². The molecule has 0 radical (unpaired) electrons. The van der Waals surface area contributed by atoms with Gasteiger partial charge < -0.3 is 15.1 Å². The molecule has 0 bridgehead atoms. The fourth-order valence-corrected chi connectivity index (χ4v) is 2.04. The number of oxazole rings is 1. The van der Waals surface area contributed by atoms with Gasteiger partial charge in [-0.15, -0.1) is 0 Å². The topological polar surface area (TPSA) is 62.5 Å². The van der Waals surface area contributed by atoms with E-state index in [4.69, 9.17) is 4.42 Å². The summed E-state index contributed by atoms with van der Waals surface area (Å²) in [5.41, 5.74) is -0.0206. The van der Waals surface area contributed by atoms with Crippen LogP contribution >= 0.6 is 0 Å². The number of aromatic nitrogens is 1. The molecule has 0 amide bonds. The van der Waals surface area contributed by atoms with Crippen LogP contribution in [0.2, 0.25) is 0 Å². The van der Waals surface area contributed by atoms with Crippen LogP contribution in [-0.4, -0.2) is 24.0 Å². The summed E-state index contributed by atoms with van der Waals surface area (Å²) >= 11 is 0. The molecule has 0 aliphatic rings. The third kappa shape index (κ3) is 6.08. The van der Waals surface area contributed by atoms with Crippen molar-refractivity contribution < 1.29 is 4.42 Å². The van der Waals surface area contributed by atoms with Gasteiger partial charge in [0.2, 0.25) is 5.89 Å². The van der Waals surface area contributed by atoms with Gasteiger partial charge in [-0.2, -0.15) is 0 Å². The average Bonchev–Trinajstić information content (AvgIpc) is 2.94. The van der Waals surface area contributed by atoms with E-state index in [0.29, 0.717) is 18.4 Å². The summed E-state index contributed by atoms with van der Waals surface area (Å²) in [5.74, 6) is 3.06. The first-order valence-electron chi connectivity index (χ1n) is 8.38. The molecule has 5 heteroatoms. The number of guanidine groups is 1. The lowest BCUT2D eigenvalue weighted by Crippen LogP contribution is -2.39. The quantitative estimate of drug-likeness (QED) is 0.598. The monoisotopic (exact) mass is 308 g/mol. The van der Waals surface area contributed by atoms with Crippen LogP contribution in [-0.2, 0) is 12.0 Å². The molecule has 0 atom stereocenters. The van der Waals surface area contributed by atoms with E-state index in [-0.39, 0.29) is 5.41 Å². The highest BCUT2D eigenvalue weighted by atomic mass is 16.4. The second kappa shape index (κ2) is 8.81. The second-order valence-electron chi connectivity index (χ2n) is 6.63. The smallest absolute Gasteiger partial charge is 0.216 e. The molecule has 0 aliphatic heterocycles. The summed E-state index contributed by atoms with van der Waals surface area (Å²) in [7, 11) is 0. The highest BCUT2D eigenvalue weighted by molar-refractivity contribution is 5.79. The van der Waals surface area contributed by atoms with Crippen LogP contribution in [0.3, 0.4) is 0 Å². The molecule has 1 rings (SSSR count). The minimum absolute atomic E-state index is 0.0206. The molecule has 1 aromatic heterocycles. The van der Waals surface area contributed by atoms with Crippen LogP contribution in [0.1, 0.15) is 66.0 Å². The van der Waals surface area contributed by atoms with Gasteiger partial charge in [-0.05, 0) is 12.8 Å². The van der Waals surface area contributed by atoms with Crippen LogP contribution in [0.5, 0.6) is 0 Å². The van der Waals surface area contributed by atoms with Crippen molar-refractivity contribution >= 4 is 5.96 Å². The number of aliphatic imine (C=N–C) groups is 1. The lowest BCUT2D eigenvalue weighted by atomic mass is 9.94. The molecular weight excluding hydrogens is 276 g/mol. The normalized spacial score (nSPS) is 12.8. The van der Waals surface area contributed by atoms with Crippen LogP contribution in [0.25, 0.3) is 0 Å². The lowest BCUT2D eigenvalue weighted by molar-refractivity contribution is 0.383. The SMILES string of the molecule is CCNC(=NCc1ncc(C(C)(C)C)o1)NCC(CC)CC. The Kier molecular flexibility index (Phi) is 7.42. The van der Waals surface area contributed by atoms with Crippen molar-refractivity contribution in [3.63, 3.8) is 0 Å². The van der Waals surface area contributed by atoms with Gasteiger partial charge in [0.1, 0.15) is 12.3 Å². The molecule has 0 unspecified atom stereocenters. The maximum Gasteiger partial charge on any atom is 0.216 e.